The van der Waals surface area contributed by atoms with Gasteiger partial charge in [-0.05, 0) is 45.4 Å². The second-order valence-electron chi connectivity index (χ2n) is 7.54. The molecule has 0 fully saturated rings. The number of carbonyl (C=O) groups excluding carboxylic acids is 2. The minimum atomic E-state index is -0.817. The third kappa shape index (κ3) is 6.45. The molecule has 0 aromatic heterocycles. The zero-order valence-electron chi connectivity index (χ0n) is 17.0. The molecule has 4 nitrogen and oxygen atoms in total. The lowest BCUT2D eigenvalue weighted by Gasteiger charge is -2.35. The molecule has 0 heterocycles. The van der Waals surface area contributed by atoms with Crippen LogP contribution in [0.1, 0.15) is 81.1 Å². The second-order valence-corrected chi connectivity index (χ2v) is 7.54. The van der Waals surface area contributed by atoms with Crippen molar-refractivity contribution in [2.75, 3.05) is 6.61 Å². The van der Waals surface area contributed by atoms with Crippen LogP contribution < -0.4 is 0 Å². The summed E-state index contributed by atoms with van der Waals surface area (Å²) < 4.78 is 10.8. The second kappa shape index (κ2) is 10.7. The van der Waals surface area contributed by atoms with E-state index in [1.807, 2.05) is 27.7 Å². The Morgan fingerprint density at radius 3 is 1.96 bits per heavy atom. The van der Waals surface area contributed by atoms with E-state index < -0.39 is 17.5 Å². The molecule has 24 heavy (non-hydrogen) atoms. The average Bonchev–Trinajstić information content (AvgIpc) is 2.55. The van der Waals surface area contributed by atoms with Crippen LogP contribution in [0.2, 0.25) is 0 Å². The summed E-state index contributed by atoms with van der Waals surface area (Å²) in [6, 6.07) is 0. The molecule has 0 aromatic rings. The molecule has 0 radical (unpaired) electrons. The van der Waals surface area contributed by atoms with E-state index in [1.165, 1.54) is 0 Å². The molecule has 0 spiro atoms. The van der Waals surface area contributed by atoms with Gasteiger partial charge in [-0.15, -0.1) is 0 Å². The fourth-order valence-electron chi connectivity index (χ4n) is 2.89. The van der Waals surface area contributed by atoms with E-state index in [0.29, 0.717) is 5.92 Å². The highest BCUT2D eigenvalue weighted by Crippen LogP contribution is 2.37. The molecule has 4 heteroatoms. The van der Waals surface area contributed by atoms with Gasteiger partial charge in [0.2, 0.25) is 6.10 Å². The number of carbonyl (C=O) groups is 2. The molecular weight excluding hydrogens is 304 g/mol. The van der Waals surface area contributed by atoms with E-state index in [1.54, 1.807) is 6.92 Å². The molecule has 0 aliphatic rings. The lowest BCUT2D eigenvalue weighted by atomic mass is 9.73. The van der Waals surface area contributed by atoms with Gasteiger partial charge in [-0.3, -0.25) is 4.79 Å². The Morgan fingerprint density at radius 1 is 0.958 bits per heavy atom. The predicted molar refractivity (Wildman–Crippen MR) is 97.6 cm³/mol. The zero-order valence-corrected chi connectivity index (χ0v) is 17.0. The quantitative estimate of drug-likeness (QED) is 0.496. The highest BCUT2D eigenvalue weighted by atomic mass is 16.6. The summed E-state index contributed by atoms with van der Waals surface area (Å²) in [5.41, 5.74) is -0.615. The van der Waals surface area contributed by atoms with Crippen molar-refractivity contribution in [3.8, 4) is 0 Å². The summed E-state index contributed by atoms with van der Waals surface area (Å²) in [5.74, 6) is 0.0117. The fourth-order valence-corrected chi connectivity index (χ4v) is 2.89. The smallest absolute Gasteiger partial charge is 0.347 e. The monoisotopic (exact) mass is 342 g/mol. The Balaban J connectivity index is 5.20. The Kier molecular flexibility index (Phi) is 10.3. The van der Waals surface area contributed by atoms with E-state index in [9.17, 15) is 9.59 Å². The third-order valence-electron chi connectivity index (χ3n) is 5.34. The highest BCUT2D eigenvalue weighted by molar-refractivity contribution is 5.82. The van der Waals surface area contributed by atoms with E-state index in [-0.39, 0.29) is 24.4 Å². The molecule has 0 N–H and O–H groups in total. The topological polar surface area (TPSA) is 52.6 Å². The van der Waals surface area contributed by atoms with E-state index in [0.717, 1.165) is 25.7 Å². The van der Waals surface area contributed by atoms with E-state index >= 15 is 0 Å². The molecular formula is C20H38O4. The molecule has 0 amide bonds. The van der Waals surface area contributed by atoms with Crippen molar-refractivity contribution < 1.29 is 19.1 Å². The van der Waals surface area contributed by atoms with Gasteiger partial charge >= 0.3 is 11.9 Å². The van der Waals surface area contributed by atoms with Crippen LogP contribution in [0.4, 0.5) is 0 Å². The summed E-state index contributed by atoms with van der Waals surface area (Å²) in [6.07, 6.45) is 2.94. The van der Waals surface area contributed by atoms with Crippen LogP contribution in [0.3, 0.4) is 0 Å². The molecule has 4 unspecified atom stereocenters. The van der Waals surface area contributed by atoms with E-state index in [4.69, 9.17) is 9.47 Å². The zero-order chi connectivity index (χ0) is 18.9. The van der Waals surface area contributed by atoms with Crippen LogP contribution in [0, 0.1) is 23.2 Å². The maximum atomic E-state index is 12.8. The van der Waals surface area contributed by atoms with Gasteiger partial charge in [0.05, 0.1) is 12.0 Å². The van der Waals surface area contributed by atoms with Crippen molar-refractivity contribution >= 4 is 11.9 Å². The normalized spacial score (nSPS) is 16.8. The summed E-state index contributed by atoms with van der Waals surface area (Å²) in [4.78, 5) is 25.0. The SMILES string of the molecule is CCOC(=O)C(OC(=O)C(C)(C)C(CC)CC(C)CC)C(C)CC. The predicted octanol–water partition coefficient (Wildman–Crippen LogP) is 5.00. The highest BCUT2D eigenvalue weighted by Gasteiger charge is 2.41. The van der Waals surface area contributed by atoms with Gasteiger partial charge in [0, 0.05) is 5.92 Å². The maximum absolute atomic E-state index is 12.8. The fraction of sp³-hybridized carbons (Fsp3) is 0.900. The van der Waals surface area contributed by atoms with Gasteiger partial charge in [-0.25, -0.2) is 4.79 Å². The first-order chi connectivity index (χ1) is 11.1. The first kappa shape index (κ1) is 22.9. The molecule has 142 valence electrons. The summed E-state index contributed by atoms with van der Waals surface area (Å²) in [7, 11) is 0. The van der Waals surface area contributed by atoms with Crippen LogP contribution in [-0.4, -0.2) is 24.6 Å². The molecule has 0 aliphatic carbocycles. The van der Waals surface area contributed by atoms with Crippen LogP contribution in [0.5, 0.6) is 0 Å². The average molecular weight is 343 g/mol. The third-order valence-corrected chi connectivity index (χ3v) is 5.34. The van der Waals surface area contributed by atoms with Crippen molar-refractivity contribution in [2.45, 2.75) is 87.2 Å². The number of hydrogen-bond donors (Lipinski definition) is 0. The first-order valence-electron chi connectivity index (χ1n) is 9.53. The number of ether oxygens (including phenoxy) is 2. The summed E-state index contributed by atoms with van der Waals surface area (Å²) in [5, 5.41) is 0. The van der Waals surface area contributed by atoms with Crippen molar-refractivity contribution in [3.63, 3.8) is 0 Å². The van der Waals surface area contributed by atoms with Gasteiger partial charge in [0.15, 0.2) is 0 Å². The van der Waals surface area contributed by atoms with Gasteiger partial charge in [0.1, 0.15) is 0 Å². The molecule has 4 atom stereocenters. The van der Waals surface area contributed by atoms with Crippen molar-refractivity contribution in [2.24, 2.45) is 23.2 Å². The standard InChI is InChI=1S/C20H38O4/c1-9-14(5)13-16(11-3)20(7,8)19(22)24-17(15(6)10-2)18(21)23-12-4/h14-17H,9-13H2,1-8H3. The summed E-state index contributed by atoms with van der Waals surface area (Å²) in [6.45, 7) is 16.3. The van der Waals surface area contributed by atoms with Crippen LogP contribution in [0.15, 0.2) is 0 Å². The lowest BCUT2D eigenvalue weighted by molar-refractivity contribution is -0.179. The van der Waals surface area contributed by atoms with Gasteiger partial charge in [-0.1, -0.05) is 47.5 Å². The minimum Gasteiger partial charge on any atom is -0.463 e. The molecule has 0 rings (SSSR count). The maximum Gasteiger partial charge on any atom is 0.347 e. The Labute approximate surface area is 148 Å². The molecule has 0 aromatic carbocycles. The van der Waals surface area contributed by atoms with Crippen LogP contribution >= 0.6 is 0 Å². The Morgan fingerprint density at radius 2 is 1.54 bits per heavy atom. The Hall–Kier alpha value is -1.06. The first-order valence-corrected chi connectivity index (χ1v) is 9.53. The minimum absolute atomic E-state index is 0.0570. The number of esters is 2. The van der Waals surface area contributed by atoms with Gasteiger partial charge < -0.3 is 9.47 Å². The van der Waals surface area contributed by atoms with Gasteiger partial charge in [0.25, 0.3) is 0 Å². The lowest BCUT2D eigenvalue weighted by Crippen LogP contribution is -2.42. The van der Waals surface area contributed by atoms with Crippen LogP contribution in [0.25, 0.3) is 0 Å². The summed E-state index contributed by atoms with van der Waals surface area (Å²) >= 11 is 0. The Bertz CT molecular complexity index is 389. The van der Waals surface area contributed by atoms with Crippen LogP contribution in [-0.2, 0) is 19.1 Å². The molecule has 0 saturated carbocycles. The van der Waals surface area contributed by atoms with Crippen molar-refractivity contribution in [3.05, 3.63) is 0 Å². The largest absolute Gasteiger partial charge is 0.463 e. The van der Waals surface area contributed by atoms with Crippen molar-refractivity contribution in [1.29, 1.82) is 0 Å². The van der Waals surface area contributed by atoms with Gasteiger partial charge in [-0.2, -0.15) is 0 Å². The molecule has 0 aliphatic heterocycles. The molecule has 0 saturated heterocycles. The number of hydrogen-bond acceptors (Lipinski definition) is 4. The number of rotatable bonds is 11. The van der Waals surface area contributed by atoms with E-state index in [2.05, 4.69) is 20.8 Å². The molecule has 0 bridgehead atoms. The van der Waals surface area contributed by atoms with Crippen molar-refractivity contribution in [1.82, 2.24) is 0 Å².